The number of nitrogens with one attached hydrogen (secondary N) is 1. The van der Waals surface area contributed by atoms with Crippen LogP contribution in [0.2, 0.25) is 0 Å². The van der Waals surface area contributed by atoms with E-state index in [0.29, 0.717) is 5.92 Å². The number of ether oxygens (including phenoxy) is 1. The van der Waals surface area contributed by atoms with Gasteiger partial charge >= 0.3 is 0 Å². The molecule has 0 bridgehead atoms. The first kappa shape index (κ1) is 14.4. The van der Waals surface area contributed by atoms with Gasteiger partial charge in [0.2, 0.25) is 0 Å². The van der Waals surface area contributed by atoms with Gasteiger partial charge in [-0.2, -0.15) is 0 Å². The van der Waals surface area contributed by atoms with Crippen LogP contribution in [0.3, 0.4) is 0 Å². The van der Waals surface area contributed by atoms with E-state index in [0.717, 1.165) is 37.1 Å². The normalized spacial score (nSPS) is 11.1. The van der Waals surface area contributed by atoms with Gasteiger partial charge in [0.15, 0.2) is 5.13 Å². The molecule has 0 aliphatic heterocycles. The summed E-state index contributed by atoms with van der Waals surface area (Å²) < 4.78 is 4.98. The highest BCUT2D eigenvalue weighted by atomic mass is 32.1. The van der Waals surface area contributed by atoms with E-state index < -0.39 is 0 Å². The van der Waals surface area contributed by atoms with Gasteiger partial charge < -0.3 is 15.0 Å². The van der Waals surface area contributed by atoms with Crippen LogP contribution in [0.15, 0.2) is 5.38 Å². The summed E-state index contributed by atoms with van der Waals surface area (Å²) in [6.07, 6.45) is 0. The van der Waals surface area contributed by atoms with Gasteiger partial charge in [-0.1, -0.05) is 13.8 Å². The topological polar surface area (TPSA) is 37.4 Å². The van der Waals surface area contributed by atoms with Crippen molar-refractivity contribution in [2.45, 2.75) is 20.4 Å². The maximum atomic E-state index is 4.98. The SMILES string of the molecule is COCCNCc1csc(N(C)CC(C)C)n1. The molecule has 1 rings (SSSR count). The van der Waals surface area contributed by atoms with Crippen LogP contribution in [0.4, 0.5) is 5.13 Å². The van der Waals surface area contributed by atoms with Gasteiger partial charge in [-0.25, -0.2) is 4.98 Å². The molecule has 0 saturated carbocycles. The molecule has 0 fully saturated rings. The largest absolute Gasteiger partial charge is 0.383 e. The van der Waals surface area contributed by atoms with E-state index in [1.807, 2.05) is 0 Å². The van der Waals surface area contributed by atoms with Crippen molar-refractivity contribution in [1.82, 2.24) is 10.3 Å². The zero-order chi connectivity index (χ0) is 12.7. The Balaban J connectivity index is 2.36. The molecule has 0 spiro atoms. The lowest BCUT2D eigenvalue weighted by atomic mass is 10.2. The predicted molar refractivity (Wildman–Crippen MR) is 73.8 cm³/mol. The second-order valence-electron chi connectivity index (χ2n) is 4.57. The maximum Gasteiger partial charge on any atom is 0.185 e. The molecule has 1 heterocycles. The molecule has 0 aliphatic rings. The van der Waals surface area contributed by atoms with Gasteiger partial charge in [-0.3, -0.25) is 0 Å². The van der Waals surface area contributed by atoms with Crippen molar-refractivity contribution in [3.8, 4) is 0 Å². The van der Waals surface area contributed by atoms with Crippen LogP contribution < -0.4 is 10.2 Å². The molecule has 0 aliphatic carbocycles. The number of methoxy groups -OCH3 is 1. The summed E-state index contributed by atoms with van der Waals surface area (Å²) in [6, 6.07) is 0. The highest BCUT2D eigenvalue weighted by Crippen LogP contribution is 2.19. The third kappa shape index (κ3) is 5.48. The Hall–Kier alpha value is -0.650. The molecular formula is C12H23N3OS. The minimum Gasteiger partial charge on any atom is -0.383 e. The summed E-state index contributed by atoms with van der Waals surface area (Å²) >= 11 is 1.71. The van der Waals surface area contributed by atoms with Crippen molar-refractivity contribution in [3.63, 3.8) is 0 Å². The number of anilines is 1. The zero-order valence-corrected chi connectivity index (χ0v) is 12.0. The molecule has 0 saturated heterocycles. The highest BCUT2D eigenvalue weighted by Gasteiger charge is 2.08. The Bertz CT molecular complexity index is 314. The van der Waals surface area contributed by atoms with E-state index in [1.54, 1.807) is 18.4 Å². The molecule has 5 heteroatoms. The summed E-state index contributed by atoms with van der Waals surface area (Å²) in [5.74, 6) is 0.659. The Labute approximate surface area is 108 Å². The van der Waals surface area contributed by atoms with Crippen molar-refractivity contribution in [2.24, 2.45) is 5.92 Å². The van der Waals surface area contributed by atoms with E-state index >= 15 is 0 Å². The van der Waals surface area contributed by atoms with Gasteiger partial charge in [0.05, 0.1) is 12.3 Å². The Morgan fingerprint density at radius 3 is 2.94 bits per heavy atom. The highest BCUT2D eigenvalue weighted by molar-refractivity contribution is 7.13. The molecule has 0 amide bonds. The fraction of sp³-hybridized carbons (Fsp3) is 0.750. The van der Waals surface area contributed by atoms with E-state index in [9.17, 15) is 0 Å². The second-order valence-corrected chi connectivity index (χ2v) is 5.40. The minimum absolute atomic E-state index is 0.659. The van der Waals surface area contributed by atoms with Crippen LogP contribution in [0.25, 0.3) is 0 Å². The number of nitrogens with zero attached hydrogens (tertiary/aromatic N) is 2. The molecular weight excluding hydrogens is 234 g/mol. The number of hydrogen-bond donors (Lipinski definition) is 1. The van der Waals surface area contributed by atoms with Crippen molar-refractivity contribution < 1.29 is 4.74 Å². The monoisotopic (exact) mass is 257 g/mol. The molecule has 0 radical (unpaired) electrons. The molecule has 1 N–H and O–H groups in total. The number of hydrogen-bond acceptors (Lipinski definition) is 5. The van der Waals surface area contributed by atoms with E-state index in [4.69, 9.17) is 4.74 Å². The fourth-order valence-electron chi connectivity index (χ4n) is 1.57. The van der Waals surface area contributed by atoms with Gasteiger partial charge in [0.1, 0.15) is 0 Å². The van der Waals surface area contributed by atoms with Crippen molar-refractivity contribution in [3.05, 3.63) is 11.1 Å². The quantitative estimate of drug-likeness (QED) is 0.723. The first-order valence-electron chi connectivity index (χ1n) is 5.98. The average molecular weight is 257 g/mol. The van der Waals surface area contributed by atoms with Gasteiger partial charge in [0.25, 0.3) is 0 Å². The van der Waals surface area contributed by atoms with Crippen LogP contribution in [0.1, 0.15) is 19.5 Å². The summed E-state index contributed by atoms with van der Waals surface area (Å²) in [5.41, 5.74) is 1.11. The first-order valence-corrected chi connectivity index (χ1v) is 6.86. The lowest BCUT2D eigenvalue weighted by Crippen LogP contribution is -2.22. The molecule has 4 nitrogen and oxygen atoms in total. The standard InChI is InChI=1S/C12H23N3OS/c1-10(2)8-15(3)12-14-11(9-17-12)7-13-5-6-16-4/h9-10,13H,5-8H2,1-4H3. The third-order valence-corrected chi connectivity index (χ3v) is 3.30. The summed E-state index contributed by atoms with van der Waals surface area (Å²) in [6.45, 7) is 7.91. The van der Waals surface area contributed by atoms with Crippen molar-refractivity contribution in [1.29, 1.82) is 0 Å². The van der Waals surface area contributed by atoms with E-state index in [1.165, 1.54) is 0 Å². The fourth-order valence-corrected chi connectivity index (χ4v) is 2.37. The van der Waals surface area contributed by atoms with Crippen LogP contribution >= 0.6 is 11.3 Å². The zero-order valence-electron chi connectivity index (χ0n) is 11.2. The molecule has 98 valence electrons. The van der Waals surface area contributed by atoms with Crippen LogP contribution in [-0.4, -0.2) is 38.8 Å². The predicted octanol–water partition coefficient (Wildman–Crippen LogP) is 1.97. The van der Waals surface area contributed by atoms with E-state index in [-0.39, 0.29) is 0 Å². The van der Waals surface area contributed by atoms with Gasteiger partial charge in [0, 0.05) is 39.2 Å². The summed E-state index contributed by atoms with van der Waals surface area (Å²) in [7, 11) is 3.81. The van der Waals surface area contributed by atoms with Gasteiger partial charge in [-0.05, 0) is 5.92 Å². The Morgan fingerprint density at radius 2 is 2.29 bits per heavy atom. The molecule has 1 aromatic heterocycles. The van der Waals surface area contributed by atoms with Crippen molar-refractivity contribution >= 4 is 16.5 Å². The second kappa shape index (κ2) is 7.63. The minimum atomic E-state index is 0.659. The summed E-state index contributed by atoms with van der Waals surface area (Å²) in [5, 5.41) is 6.51. The smallest absolute Gasteiger partial charge is 0.185 e. The van der Waals surface area contributed by atoms with Crippen LogP contribution in [0.5, 0.6) is 0 Å². The molecule has 1 aromatic rings. The molecule has 0 unspecified atom stereocenters. The average Bonchev–Trinajstić information content (AvgIpc) is 2.72. The summed E-state index contributed by atoms with van der Waals surface area (Å²) in [4.78, 5) is 6.82. The van der Waals surface area contributed by atoms with E-state index in [2.05, 4.69) is 41.5 Å². The lowest BCUT2D eigenvalue weighted by molar-refractivity contribution is 0.199. The molecule has 0 atom stereocenters. The number of thiazole rings is 1. The third-order valence-electron chi connectivity index (χ3n) is 2.29. The Kier molecular flexibility index (Phi) is 6.47. The maximum absolute atomic E-state index is 4.98. The van der Waals surface area contributed by atoms with Crippen LogP contribution in [-0.2, 0) is 11.3 Å². The lowest BCUT2D eigenvalue weighted by Gasteiger charge is -2.17. The Morgan fingerprint density at radius 1 is 1.53 bits per heavy atom. The molecule has 0 aromatic carbocycles. The first-order chi connectivity index (χ1) is 8.13. The molecule has 17 heavy (non-hydrogen) atoms. The van der Waals surface area contributed by atoms with Crippen molar-refractivity contribution in [2.75, 3.05) is 38.8 Å². The van der Waals surface area contributed by atoms with Crippen LogP contribution in [0, 0.1) is 5.92 Å². The number of rotatable bonds is 8. The van der Waals surface area contributed by atoms with Gasteiger partial charge in [-0.15, -0.1) is 11.3 Å². The number of aromatic nitrogens is 1.